The van der Waals surface area contributed by atoms with Gasteiger partial charge in [0.2, 0.25) is 0 Å². The van der Waals surface area contributed by atoms with E-state index in [-0.39, 0.29) is 0 Å². The van der Waals surface area contributed by atoms with Crippen molar-refractivity contribution in [2.24, 2.45) is 0 Å². The van der Waals surface area contributed by atoms with E-state index in [4.69, 9.17) is 5.73 Å². The van der Waals surface area contributed by atoms with Crippen molar-refractivity contribution >= 4 is 22.4 Å². The quantitative estimate of drug-likeness (QED) is 0.608. The number of aromatic amines is 1. The van der Waals surface area contributed by atoms with E-state index < -0.39 is 0 Å². The Morgan fingerprint density at radius 3 is 2.92 bits per heavy atom. The molecule has 0 unspecified atom stereocenters. The van der Waals surface area contributed by atoms with Crippen LogP contribution in [0.3, 0.4) is 0 Å². The molecule has 0 atom stereocenters. The highest BCUT2D eigenvalue weighted by molar-refractivity contribution is 5.91. The third kappa shape index (κ3) is 3.12. The average Bonchev–Trinajstić information content (AvgIpc) is 2.98. The molecule has 0 radical (unpaired) electrons. The van der Waals surface area contributed by atoms with Gasteiger partial charge in [-0.25, -0.2) is 4.98 Å². The summed E-state index contributed by atoms with van der Waals surface area (Å²) in [6, 6.07) is 10.6. The van der Waals surface area contributed by atoms with E-state index in [2.05, 4.69) is 58.1 Å². The van der Waals surface area contributed by atoms with Crippen LogP contribution in [0.4, 0.5) is 11.5 Å². The van der Waals surface area contributed by atoms with E-state index in [9.17, 15) is 0 Å². The van der Waals surface area contributed by atoms with Crippen molar-refractivity contribution in [3.8, 4) is 11.3 Å². The fraction of sp³-hybridized carbons (Fsp3) is 0.211. The molecular weight excluding hydrogens is 298 g/mol. The third-order valence-corrected chi connectivity index (χ3v) is 4.10. The number of nitrogen functional groups attached to an aromatic ring is 1. The molecule has 1 aromatic carbocycles. The highest BCUT2D eigenvalue weighted by atomic mass is 15.1. The maximum absolute atomic E-state index is 5.97. The van der Waals surface area contributed by atoms with Gasteiger partial charge in [0.1, 0.15) is 5.82 Å². The Bertz CT molecular complexity index is 865. The average molecular weight is 321 g/mol. The Hall–Kier alpha value is -2.79. The molecule has 4 N–H and O–H groups in total. The minimum atomic E-state index is 0.500. The summed E-state index contributed by atoms with van der Waals surface area (Å²) in [6.45, 7) is 5.55. The van der Waals surface area contributed by atoms with Crippen LogP contribution in [0.5, 0.6) is 0 Å². The third-order valence-electron chi connectivity index (χ3n) is 4.10. The molecule has 24 heavy (non-hydrogen) atoms. The maximum atomic E-state index is 5.97. The zero-order chi connectivity index (χ0) is 17.1. The lowest BCUT2D eigenvalue weighted by molar-refractivity contribution is 0.364. The Balaban J connectivity index is 1.97. The summed E-state index contributed by atoms with van der Waals surface area (Å²) in [6.07, 6.45) is 3.65. The van der Waals surface area contributed by atoms with Crippen LogP contribution in [-0.2, 0) is 6.54 Å². The lowest BCUT2D eigenvalue weighted by Gasteiger charge is -2.13. The predicted octanol–water partition coefficient (Wildman–Crippen LogP) is 3.47. The Labute approximate surface area is 142 Å². The number of anilines is 2. The Kier molecular flexibility index (Phi) is 4.53. The SMILES string of the molecule is C=CCN(C)Cc1ccc2[nH]c(-c3ccnc(N)c3NC)cc2c1. The van der Waals surface area contributed by atoms with E-state index in [1.807, 2.05) is 19.2 Å². The van der Waals surface area contributed by atoms with Gasteiger partial charge in [-0.3, -0.25) is 4.90 Å². The van der Waals surface area contributed by atoms with Crippen LogP contribution in [0.2, 0.25) is 0 Å². The lowest BCUT2D eigenvalue weighted by atomic mass is 10.1. The highest BCUT2D eigenvalue weighted by Gasteiger charge is 2.11. The first-order chi connectivity index (χ1) is 11.6. The predicted molar refractivity (Wildman–Crippen MR) is 102 cm³/mol. The summed E-state index contributed by atoms with van der Waals surface area (Å²) < 4.78 is 0. The Morgan fingerprint density at radius 2 is 2.17 bits per heavy atom. The normalized spacial score (nSPS) is 11.1. The van der Waals surface area contributed by atoms with Crippen LogP contribution in [0.25, 0.3) is 22.2 Å². The fourth-order valence-electron chi connectivity index (χ4n) is 2.99. The number of H-pyrrole nitrogens is 1. The number of benzene rings is 1. The number of nitrogens with one attached hydrogen (secondary N) is 2. The van der Waals surface area contributed by atoms with Gasteiger partial charge in [-0.15, -0.1) is 6.58 Å². The van der Waals surface area contributed by atoms with Crippen LogP contribution in [0.15, 0.2) is 49.2 Å². The molecule has 5 heteroatoms. The second-order valence-corrected chi connectivity index (χ2v) is 5.96. The zero-order valence-electron chi connectivity index (χ0n) is 14.1. The van der Waals surface area contributed by atoms with E-state index in [0.29, 0.717) is 5.82 Å². The standard InChI is InChI=1S/C19H23N5/c1-4-9-24(3)12-13-5-6-16-14(10-13)11-17(23-16)15-7-8-22-19(20)18(15)21-2/h4-8,10-11,21,23H,1,9,12H2,2-3H3,(H2,20,22). The lowest BCUT2D eigenvalue weighted by Crippen LogP contribution is -2.17. The molecule has 0 aliphatic rings. The van der Waals surface area contributed by atoms with Gasteiger partial charge >= 0.3 is 0 Å². The Morgan fingerprint density at radius 1 is 1.33 bits per heavy atom. The summed E-state index contributed by atoms with van der Waals surface area (Å²) in [5.74, 6) is 0.500. The van der Waals surface area contributed by atoms with Gasteiger partial charge in [-0.1, -0.05) is 12.1 Å². The summed E-state index contributed by atoms with van der Waals surface area (Å²) >= 11 is 0. The number of fused-ring (bicyclic) bond motifs is 1. The van der Waals surface area contributed by atoms with Crippen LogP contribution in [0, 0.1) is 0 Å². The molecule has 3 aromatic rings. The second kappa shape index (κ2) is 6.76. The molecular formula is C19H23N5. The summed E-state index contributed by atoms with van der Waals surface area (Å²) in [5.41, 5.74) is 11.2. The first-order valence-corrected chi connectivity index (χ1v) is 7.96. The van der Waals surface area contributed by atoms with Crippen molar-refractivity contribution in [3.05, 3.63) is 54.7 Å². The van der Waals surface area contributed by atoms with Gasteiger partial charge in [0.05, 0.1) is 5.69 Å². The highest BCUT2D eigenvalue weighted by Crippen LogP contribution is 2.32. The summed E-state index contributed by atoms with van der Waals surface area (Å²) in [7, 11) is 3.94. The topological polar surface area (TPSA) is 70.0 Å². The maximum Gasteiger partial charge on any atom is 0.147 e. The number of rotatable bonds is 6. The van der Waals surface area contributed by atoms with Crippen molar-refractivity contribution in [3.63, 3.8) is 0 Å². The molecule has 0 saturated carbocycles. The van der Waals surface area contributed by atoms with Gasteiger partial charge in [0, 0.05) is 48.5 Å². The van der Waals surface area contributed by atoms with Crippen molar-refractivity contribution in [1.82, 2.24) is 14.9 Å². The molecule has 124 valence electrons. The van der Waals surface area contributed by atoms with Crippen molar-refractivity contribution in [2.75, 3.05) is 31.7 Å². The first kappa shape index (κ1) is 16.1. The molecule has 0 amide bonds. The molecule has 2 heterocycles. The number of hydrogen-bond acceptors (Lipinski definition) is 4. The van der Waals surface area contributed by atoms with Crippen molar-refractivity contribution in [1.29, 1.82) is 0 Å². The summed E-state index contributed by atoms with van der Waals surface area (Å²) in [4.78, 5) is 9.84. The van der Waals surface area contributed by atoms with E-state index in [1.165, 1.54) is 10.9 Å². The van der Waals surface area contributed by atoms with Gasteiger partial charge in [0.25, 0.3) is 0 Å². The van der Waals surface area contributed by atoms with E-state index in [1.54, 1.807) is 6.20 Å². The molecule has 3 rings (SSSR count). The van der Waals surface area contributed by atoms with E-state index in [0.717, 1.165) is 35.6 Å². The minimum Gasteiger partial charge on any atom is -0.385 e. The van der Waals surface area contributed by atoms with Crippen LogP contribution in [-0.4, -0.2) is 35.5 Å². The molecule has 5 nitrogen and oxygen atoms in total. The number of pyridine rings is 1. The van der Waals surface area contributed by atoms with Crippen LogP contribution >= 0.6 is 0 Å². The van der Waals surface area contributed by atoms with E-state index >= 15 is 0 Å². The molecule has 0 bridgehead atoms. The smallest absolute Gasteiger partial charge is 0.147 e. The number of likely N-dealkylation sites (N-methyl/N-ethyl adjacent to an activating group) is 1. The summed E-state index contributed by atoms with van der Waals surface area (Å²) in [5, 5.41) is 4.32. The molecule has 0 aliphatic carbocycles. The first-order valence-electron chi connectivity index (χ1n) is 7.96. The number of nitrogens with two attached hydrogens (primary N) is 1. The molecule has 2 aromatic heterocycles. The molecule has 0 spiro atoms. The van der Waals surface area contributed by atoms with Crippen molar-refractivity contribution < 1.29 is 0 Å². The fourth-order valence-corrected chi connectivity index (χ4v) is 2.99. The van der Waals surface area contributed by atoms with Crippen LogP contribution < -0.4 is 11.1 Å². The van der Waals surface area contributed by atoms with Gasteiger partial charge < -0.3 is 16.0 Å². The number of nitrogens with zero attached hydrogens (tertiary/aromatic N) is 2. The monoisotopic (exact) mass is 321 g/mol. The van der Waals surface area contributed by atoms with Crippen molar-refractivity contribution in [2.45, 2.75) is 6.54 Å². The zero-order valence-corrected chi connectivity index (χ0v) is 14.1. The van der Waals surface area contributed by atoms with Gasteiger partial charge in [0.15, 0.2) is 0 Å². The number of aromatic nitrogens is 2. The largest absolute Gasteiger partial charge is 0.385 e. The molecule has 0 aliphatic heterocycles. The minimum absolute atomic E-state index is 0.500. The van der Waals surface area contributed by atoms with Gasteiger partial charge in [-0.2, -0.15) is 0 Å². The van der Waals surface area contributed by atoms with Gasteiger partial charge in [-0.05, 0) is 36.9 Å². The second-order valence-electron chi connectivity index (χ2n) is 5.96. The number of hydrogen-bond donors (Lipinski definition) is 3. The molecule has 0 saturated heterocycles. The molecule has 0 fully saturated rings. The van der Waals surface area contributed by atoms with Crippen LogP contribution in [0.1, 0.15) is 5.56 Å².